The van der Waals surface area contributed by atoms with Crippen molar-refractivity contribution in [1.29, 1.82) is 0 Å². The van der Waals surface area contributed by atoms with Gasteiger partial charge in [-0.3, -0.25) is 0 Å². The van der Waals surface area contributed by atoms with Crippen LogP contribution in [-0.4, -0.2) is 16.6 Å². The summed E-state index contributed by atoms with van der Waals surface area (Å²) in [4.78, 5) is 9.79. The monoisotopic (exact) mass is 406 g/mol. The molecule has 0 aliphatic rings. The maximum atomic E-state index is 13.8. The van der Waals surface area contributed by atoms with E-state index in [1.165, 1.54) is 12.4 Å². The van der Waals surface area contributed by atoms with Crippen LogP contribution in [0.4, 0.5) is 10.2 Å². The van der Waals surface area contributed by atoms with Crippen LogP contribution >= 0.6 is 11.3 Å². The predicted molar refractivity (Wildman–Crippen MR) is 113 cm³/mol. The Morgan fingerprint density at radius 3 is 2.69 bits per heavy atom. The highest BCUT2D eigenvalue weighted by Gasteiger charge is 2.17. The van der Waals surface area contributed by atoms with E-state index in [1.807, 2.05) is 38.1 Å². The highest BCUT2D eigenvalue weighted by atomic mass is 32.1. The van der Waals surface area contributed by atoms with Gasteiger partial charge >= 0.3 is 0 Å². The molecule has 0 fully saturated rings. The lowest BCUT2D eigenvalue weighted by molar-refractivity contribution is 0.341. The first-order valence-corrected chi connectivity index (χ1v) is 10.1. The van der Waals surface area contributed by atoms with Gasteiger partial charge in [-0.1, -0.05) is 30.3 Å². The molecule has 0 N–H and O–H groups in total. The molecular formula is C22H19FN4OS. The van der Waals surface area contributed by atoms with Gasteiger partial charge < -0.3 is 4.74 Å². The molecule has 4 rings (SSSR count). The Hall–Kier alpha value is -3.19. The van der Waals surface area contributed by atoms with Gasteiger partial charge in [0.05, 0.1) is 18.7 Å². The molecular weight excluding hydrogens is 387 g/mol. The van der Waals surface area contributed by atoms with Crippen LogP contribution < -0.4 is 4.74 Å². The number of halogens is 1. The quantitative estimate of drug-likeness (QED) is 0.344. The Labute approximate surface area is 171 Å². The fraction of sp³-hybridized carbons (Fsp3) is 0.182. The van der Waals surface area contributed by atoms with Crippen LogP contribution in [-0.2, 0) is 6.54 Å². The summed E-state index contributed by atoms with van der Waals surface area (Å²) in [6.45, 7) is 4.75. The number of azo groups is 1. The molecule has 146 valence electrons. The third-order valence-electron chi connectivity index (χ3n) is 4.48. The van der Waals surface area contributed by atoms with Crippen molar-refractivity contribution in [3.63, 3.8) is 0 Å². The van der Waals surface area contributed by atoms with Crippen LogP contribution in [0.5, 0.6) is 5.75 Å². The maximum Gasteiger partial charge on any atom is 0.195 e. The van der Waals surface area contributed by atoms with Gasteiger partial charge in [-0.05, 0) is 37.6 Å². The van der Waals surface area contributed by atoms with Crippen molar-refractivity contribution in [2.75, 3.05) is 6.61 Å². The summed E-state index contributed by atoms with van der Waals surface area (Å²) in [5.74, 6) is 1.03. The zero-order valence-electron chi connectivity index (χ0n) is 16.1. The van der Waals surface area contributed by atoms with E-state index in [0.717, 1.165) is 32.0 Å². The number of aryl methyl sites for hydroxylation is 1. The van der Waals surface area contributed by atoms with Crippen molar-refractivity contribution in [3.05, 3.63) is 71.8 Å². The summed E-state index contributed by atoms with van der Waals surface area (Å²) in [5, 5.41) is 8.42. The summed E-state index contributed by atoms with van der Waals surface area (Å²) in [7, 11) is 0. The Morgan fingerprint density at radius 1 is 1.07 bits per heavy atom. The smallest absolute Gasteiger partial charge is 0.195 e. The van der Waals surface area contributed by atoms with Crippen molar-refractivity contribution in [3.8, 4) is 16.2 Å². The Morgan fingerprint density at radius 2 is 1.86 bits per heavy atom. The average molecular weight is 406 g/mol. The summed E-state index contributed by atoms with van der Waals surface area (Å²) in [6, 6.07) is 14.5. The summed E-state index contributed by atoms with van der Waals surface area (Å²) in [5.41, 5.74) is 3.40. The zero-order chi connectivity index (χ0) is 20.2. The molecule has 7 heteroatoms. The molecule has 0 bridgehead atoms. The first-order chi connectivity index (χ1) is 14.2. The van der Waals surface area contributed by atoms with Crippen molar-refractivity contribution < 1.29 is 9.13 Å². The second-order valence-electron chi connectivity index (χ2n) is 6.35. The number of hydrogen-bond donors (Lipinski definition) is 0. The van der Waals surface area contributed by atoms with E-state index in [9.17, 15) is 4.39 Å². The van der Waals surface area contributed by atoms with Gasteiger partial charge in [0.1, 0.15) is 22.6 Å². The van der Waals surface area contributed by atoms with Crippen LogP contribution in [0.3, 0.4) is 0 Å². The molecule has 0 saturated heterocycles. The van der Waals surface area contributed by atoms with Crippen molar-refractivity contribution in [2.45, 2.75) is 20.4 Å². The molecule has 2 aromatic heterocycles. The summed E-state index contributed by atoms with van der Waals surface area (Å²) < 4.78 is 20.4. The van der Waals surface area contributed by atoms with Crippen LogP contribution in [0.1, 0.15) is 18.1 Å². The number of aromatic nitrogens is 2. The number of ether oxygens (including phenoxy) is 1. The van der Waals surface area contributed by atoms with Gasteiger partial charge in [-0.2, -0.15) is 5.11 Å². The lowest BCUT2D eigenvalue weighted by Gasteiger charge is -2.09. The van der Waals surface area contributed by atoms with E-state index in [1.54, 1.807) is 29.5 Å². The van der Waals surface area contributed by atoms with Gasteiger partial charge in [0.2, 0.25) is 0 Å². The van der Waals surface area contributed by atoms with Crippen molar-refractivity contribution >= 4 is 27.4 Å². The topological polar surface area (TPSA) is 59.7 Å². The molecule has 0 saturated carbocycles. The number of rotatable bonds is 6. The Balaban J connectivity index is 1.72. The number of hydrogen-bond acceptors (Lipinski definition) is 6. The molecule has 5 nitrogen and oxygen atoms in total. The van der Waals surface area contributed by atoms with Gasteiger partial charge in [0.25, 0.3) is 0 Å². The number of thiophene rings is 1. The van der Waals surface area contributed by atoms with Crippen molar-refractivity contribution in [1.82, 2.24) is 9.97 Å². The predicted octanol–water partition coefficient (Wildman–Crippen LogP) is 6.49. The third-order valence-corrected chi connectivity index (χ3v) is 5.79. The Bertz CT molecular complexity index is 1190. The van der Waals surface area contributed by atoms with E-state index in [4.69, 9.17) is 4.74 Å². The molecule has 0 unspecified atom stereocenters. The fourth-order valence-corrected chi connectivity index (χ4v) is 4.30. The van der Waals surface area contributed by atoms with E-state index < -0.39 is 0 Å². The maximum absolute atomic E-state index is 13.8. The molecule has 0 amide bonds. The van der Waals surface area contributed by atoms with Gasteiger partial charge in [-0.15, -0.1) is 16.5 Å². The highest BCUT2D eigenvalue weighted by molar-refractivity contribution is 7.23. The largest absolute Gasteiger partial charge is 0.493 e. The van der Waals surface area contributed by atoms with Crippen LogP contribution in [0.15, 0.2) is 65.1 Å². The fourth-order valence-electron chi connectivity index (χ4n) is 3.08. The molecule has 2 aromatic carbocycles. The second-order valence-corrected chi connectivity index (χ2v) is 7.37. The SMILES string of the molecule is CCOc1ccccc1-c1sc2c(N=NCc3ccccc3F)ncnc2c1C. The van der Waals surface area contributed by atoms with E-state index in [-0.39, 0.29) is 12.4 Å². The lowest BCUT2D eigenvalue weighted by Crippen LogP contribution is -1.93. The van der Waals surface area contributed by atoms with Crippen LogP contribution in [0.25, 0.3) is 20.7 Å². The molecule has 0 radical (unpaired) electrons. The highest BCUT2D eigenvalue weighted by Crippen LogP contribution is 2.43. The minimum atomic E-state index is -0.291. The minimum Gasteiger partial charge on any atom is -0.493 e. The molecule has 0 aliphatic carbocycles. The van der Waals surface area contributed by atoms with E-state index in [2.05, 4.69) is 20.2 Å². The molecule has 0 atom stereocenters. The number of fused-ring (bicyclic) bond motifs is 1. The van der Waals surface area contributed by atoms with Gasteiger partial charge in [0, 0.05) is 16.0 Å². The third kappa shape index (κ3) is 3.86. The van der Waals surface area contributed by atoms with Crippen molar-refractivity contribution in [2.24, 2.45) is 10.2 Å². The van der Waals surface area contributed by atoms with E-state index >= 15 is 0 Å². The van der Waals surface area contributed by atoms with E-state index in [0.29, 0.717) is 18.0 Å². The molecule has 0 spiro atoms. The van der Waals surface area contributed by atoms with Gasteiger partial charge in [-0.25, -0.2) is 14.4 Å². The number of para-hydroxylation sites is 1. The van der Waals surface area contributed by atoms with Crippen LogP contribution in [0, 0.1) is 12.7 Å². The number of nitrogens with zero attached hydrogens (tertiary/aromatic N) is 4. The first-order valence-electron chi connectivity index (χ1n) is 9.26. The standard InChI is InChI=1S/C22H19FN4OS/c1-3-28-18-11-7-5-9-16(18)20-14(2)19-21(29-20)22(25-13-24-19)27-26-12-15-8-4-6-10-17(15)23/h4-11,13H,3,12H2,1-2H3. The molecule has 2 heterocycles. The first kappa shape index (κ1) is 19.1. The van der Waals surface area contributed by atoms with Crippen LogP contribution in [0.2, 0.25) is 0 Å². The minimum absolute atomic E-state index is 0.155. The Kier molecular flexibility index (Phi) is 5.57. The van der Waals surface area contributed by atoms with Gasteiger partial charge in [0.15, 0.2) is 5.82 Å². The normalized spacial score (nSPS) is 11.4. The molecule has 29 heavy (non-hydrogen) atoms. The summed E-state index contributed by atoms with van der Waals surface area (Å²) in [6.07, 6.45) is 1.48. The second kappa shape index (κ2) is 8.45. The number of benzene rings is 2. The summed E-state index contributed by atoms with van der Waals surface area (Å²) >= 11 is 1.56. The average Bonchev–Trinajstić information content (AvgIpc) is 3.07. The molecule has 0 aliphatic heterocycles. The zero-order valence-corrected chi connectivity index (χ0v) is 16.9. The molecule has 4 aromatic rings. The lowest BCUT2D eigenvalue weighted by atomic mass is 10.1.